The number of ketones is 1. The Kier molecular flexibility index (Phi) is 2.64. The molecule has 2 heterocycles. The second-order valence-corrected chi connectivity index (χ2v) is 3.93. The summed E-state index contributed by atoms with van der Waals surface area (Å²) in [5.74, 6) is 0.380. The number of carbonyl (C=O) groups is 1. The molecule has 84 valence electrons. The molecular formula is C12H14N2O2. The van der Waals surface area contributed by atoms with E-state index >= 15 is 0 Å². The van der Waals surface area contributed by atoms with Crippen molar-refractivity contribution >= 4 is 11.3 Å². The molecule has 0 aliphatic rings. The summed E-state index contributed by atoms with van der Waals surface area (Å²) >= 11 is 0. The van der Waals surface area contributed by atoms with E-state index in [0.717, 1.165) is 5.52 Å². The van der Waals surface area contributed by atoms with Gasteiger partial charge in [-0.15, -0.1) is 5.10 Å². The molecule has 0 unspecified atom stereocenters. The lowest BCUT2D eigenvalue weighted by Crippen LogP contribution is -2.08. The van der Waals surface area contributed by atoms with E-state index in [4.69, 9.17) is 4.74 Å². The van der Waals surface area contributed by atoms with Crippen LogP contribution in [-0.2, 0) is 0 Å². The third-order valence-corrected chi connectivity index (χ3v) is 2.47. The number of ether oxygens (including phenoxy) is 1. The Morgan fingerprint density at radius 1 is 1.44 bits per heavy atom. The lowest BCUT2D eigenvalue weighted by Gasteiger charge is -2.03. The van der Waals surface area contributed by atoms with Gasteiger partial charge < -0.3 is 4.74 Å². The van der Waals surface area contributed by atoms with Crippen LogP contribution in [0.5, 0.6) is 5.88 Å². The fourth-order valence-electron chi connectivity index (χ4n) is 1.64. The molecule has 0 radical (unpaired) electrons. The van der Waals surface area contributed by atoms with Crippen LogP contribution in [0.4, 0.5) is 0 Å². The van der Waals surface area contributed by atoms with Crippen LogP contribution >= 0.6 is 0 Å². The van der Waals surface area contributed by atoms with Crippen molar-refractivity contribution in [2.45, 2.75) is 13.8 Å². The molecule has 0 aliphatic heterocycles. The van der Waals surface area contributed by atoms with Crippen LogP contribution in [0.25, 0.3) is 5.52 Å². The van der Waals surface area contributed by atoms with Crippen LogP contribution in [0.3, 0.4) is 0 Å². The molecule has 16 heavy (non-hydrogen) atoms. The van der Waals surface area contributed by atoms with Gasteiger partial charge in [0.1, 0.15) is 5.56 Å². The van der Waals surface area contributed by atoms with Crippen molar-refractivity contribution in [3.63, 3.8) is 0 Å². The van der Waals surface area contributed by atoms with Crippen molar-refractivity contribution in [2.24, 2.45) is 5.92 Å². The molecule has 0 fully saturated rings. The zero-order chi connectivity index (χ0) is 11.7. The number of pyridine rings is 1. The molecule has 0 amide bonds. The van der Waals surface area contributed by atoms with Gasteiger partial charge in [-0.1, -0.05) is 19.9 Å². The van der Waals surface area contributed by atoms with Gasteiger partial charge in [0, 0.05) is 12.1 Å². The first-order valence-corrected chi connectivity index (χ1v) is 5.20. The SMILES string of the molecule is COc1nn2ccccc2c1C(=O)C(C)C. The highest BCUT2D eigenvalue weighted by Gasteiger charge is 2.22. The second kappa shape index (κ2) is 3.96. The van der Waals surface area contributed by atoms with Gasteiger partial charge in [-0.05, 0) is 12.1 Å². The first-order chi connectivity index (χ1) is 7.65. The van der Waals surface area contributed by atoms with Crippen LogP contribution in [0.1, 0.15) is 24.2 Å². The van der Waals surface area contributed by atoms with Gasteiger partial charge in [0.15, 0.2) is 5.78 Å². The highest BCUT2D eigenvalue weighted by molar-refractivity contribution is 6.05. The number of nitrogens with zero attached hydrogens (tertiary/aromatic N) is 2. The Labute approximate surface area is 93.8 Å². The van der Waals surface area contributed by atoms with E-state index in [9.17, 15) is 4.79 Å². The number of fused-ring (bicyclic) bond motifs is 1. The van der Waals surface area contributed by atoms with Gasteiger partial charge in [0.05, 0.1) is 12.6 Å². The van der Waals surface area contributed by atoms with Gasteiger partial charge in [0.2, 0.25) is 5.88 Å². The number of methoxy groups -OCH3 is 1. The molecule has 0 N–H and O–H groups in total. The monoisotopic (exact) mass is 218 g/mol. The van der Waals surface area contributed by atoms with Gasteiger partial charge >= 0.3 is 0 Å². The van der Waals surface area contributed by atoms with E-state index in [0.29, 0.717) is 11.4 Å². The Balaban J connectivity index is 2.69. The summed E-state index contributed by atoms with van der Waals surface area (Å²) in [5, 5.41) is 4.21. The molecule has 0 aliphatic carbocycles. The Bertz CT molecular complexity index is 529. The maximum Gasteiger partial charge on any atom is 0.244 e. The van der Waals surface area contributed by atoms with E-state index in [1.54, 1.807) is 10.7 Å². The van der Waals surface area contributed by atoms with E-state index in [-0.39, 0.29) is 11.7 Å². The Hall–Kier alpha value is -1.84. The molecule has 4 heteroatoms. The molecular weight excluding hydrogens is 204 g/mol. The van der Waals surface area contributed by atoms with Gasteiger partial charge in [-0.25, -0.2) is 4.52 Å². The highest BCUT2D eigenvalue weighted by Crippen LogP contribution is 2.24. The van der Waals surface area contributed by atoms with E-state index in [2.05, 4.69) is 5.10 Å². The summed E-state index contributed by atoms with van der Waals surface area (Å²) in [7, 11) is 1.53. The minimum atomic E-state index is -0.0675. The number of aromatic nitrogens is 2. The van der Waals surface area contributed by atoms with E-state index in [1.165, 1.54) is 7.11 Å². The summed E-state index contributed by atoms with van der Waals surface area (Å²) in [6, 6.07) is 5.61. The maximum atomic E-state index is 12.1. The van der Waals surface area contributed by atoms with Crippen LogP contribution in [0.15, 0.2) is 24.4 Å². The molecule has 0 atom stereocenters. The third-order valence-electron chi connectivity index (χ3n) is 2.47. The minimum absolute atomic E-state index is 0.0538. The average molecular weight is 218 g/mol. The molecule has 4 nitrogen and oxygen atoms in total. The fraction of sp³-hybridized carbons (Fsp3) is 0.333. The third kappa shape index (κ3) is 1.56. The van der Waals surface area contributed by atoms with Crippen molar-refractivity contribution < 1.29 is 9.53 Å². The van der Waals surface area contributed by atoms with Crippen molar-refractivity contribution in [3.8, 4) is 5.88 Å². The molecule has 0 saturated heterocycles. The Morgan fingerprint density at radius 3 is 2.81 bits per heavy atom. The van der Waals surface area contributed by atoms with Crippen molar-refractivity contribution in [1.29, 1.82) is 0 Å². The number of carbonyl (C=O) groups excluding carboxylic acids is 1. The number of rotatable bonds is 3. The second-order valence-electron chi connectivity index (χ2n) is 3.93. The van der Waals surface area contributed by atoms with Gasteiger partial charge in [0.25, 0.3) is 0 Å². The average Bonchev–Trinajstić information content (AvgIpc) is 2.66. The summed E-state index contributed by atoms with van der Waals surface area (Å²) in [6.45, 7) is 3.74. The van der Waals surface area contributed by atoms with Crippen LogP contribution in [-0.4, -0.2) is 22.5 Å². The molecule has 0 aromatic carbocycles. The number of hydrogen-bond acceptors (Lipinski definition) is 3. The zero-order valence-corrected chi connectivity index (χ0v) is 9.60. The normalized spacial score (nSPS) is 11.0. The summed E-state index contributed by atoms with van der Waals surface area (Å²) in [6.07, 6.45) is 1.80. The van der Waals surface area contributed by atoms with E-state index < -0.39 is 0 Å². The topological polar surface area (TPSA) is 43.6 Å². The highest BCUT2D eigenvalue weighted by atomic mass is 16.5. The molecule has 2 rings (SSSR count). The molecule has 2 aromatic rings. The van der Waals surface area contributed by atoms with Crippen molar-refractivity contribution in [2.75, 3.05) is 7.11 Å². The predicted molar refractivity (Wildman–Crippen MR) is 60.9 cm³/mol. The first-order valence-electron chi connectivity index (χ1n) is 5.20. The first kappa shape index (κ1) is 10.7. The molecule has 2 aromatic heterocycles. The maximum absolute atomic E-state index is 12.1. The molecule has 0 saturated carbocycles. The largest absolute Gasteiger partial charge is 0.479 e. The zero-order valence-electron chi connectivity index (χ0n) is 9.60. The van der Waals surface area contributed by atoms with E-state index in [1.807, 2.05) is 32.0 Å². The summed E-state index contributed by atoms with van der Waals surface area (Å²) in [4.78, 5) is 12.1. The van der Waals surface area contributed by atoms with Crippen molar-refractivity contribution in [3.05, 3.63) is 30.0 Å². The van der Waals surface area contributed by atoms with Crippen LogP contribution < -0.4 is 4.74 Å². The lowest BCUT2D eigenvalue weighted by atomic mass is 10.0. The predicted octanol–water partition coefficient (Wildman–Crippen LogP) is 2.18. The molecule has 0 bridgehead atoms. The number of hydrogen-bond donors (Lipinski definition) is 0. The smallest absolute Gasteiger partial charge is 0.244 e. The van der Waals surface area contributed by atoms with Gasteiger partial charge in [-0.3, -0.25) is 4.79 Å². The van der Waals surface area contributed by atoms with Crippen molar-refractivity contribution in [1.82, 2.24) is 9.61 Å². The Morgan fingerprint density at radius 2 is 2.19 bits per heavy atom. The fourth-order valence-corrected chi connectivity index (χ4v) is 1.64. The number of Topliss-reactive ketones (excluding diaryl/α,β-unsaturated/α-hetero) is 1. The van der Waals surface area contributed by atoms with Crippen LogP contribution in [0.2, 0.25) is 0 Å². The van der Waals surface area contributed by atoms with Gasteiger partial charge in [-0.2, -0.15) is 0 Å². The summed E-state index contributed by atoms with van der Waals surface area (Å²) in [5.41, 5.74) is 1.36. The molecule has 0 spiro atoms. The quantitative estimate of drug-likeness (QED) is 0.742. The summed E-state index contributed by atoms with van der Waals surface area (Å²) < 4.78 is 6.81. The minimum Gasteiger partial charge on any atom is -0.479 e. The lowest BCUT2D eigenvalue weighted by molar-refractivity contribution is 0.0938. The van der Waals surface area contributed by atoms with Crippen LogP contribution in [0, 0.1) is 5.92 Å². The standard InChI is InChI=1S/C12H14N2O2/c1-8(2)11(15)10-9-6-4-5-7-14(9)13-12(10)16-3/h4-8H,1-3H3.